The minimum atomic E-state index is -2.00. The normalized spacial score (nSPS) is 14.7. The van der Waals surface area contributed by atoms with Crippen molar-refractivity contribution in [3.8, 4) is 5.75 Å². The molecule has 0 aromatic heterocycles. The average Bonchev–Trinajstić information content (AvgIpc) is 2.70. The molecule has 0 aliphatic carbocycles. The average molecular weight is 652 g/mol. The number of rotatable bonds is 10. The van der Waals surface area contributed by atoms with Crippen molar-refractivity contribution in [3.05, 3.63) is 31.9 Å². The van der Waals surface area contributed by atoms with Crippen LogP contribution in [0.2, 0.25) is 23.2 Å². The highest BCUT2D eigenvalue weighted by atomic mass is 127. The molecule has 1 unspecified atom stereocenters. The van der Waals surface area contributed by atoms with Gasteiger partial charge in [0.1, 0.15) is 17.1 Å². The second-order valence-electron chi connectivity index (χ2n) is 11.6. The number of hydrogen-bond donors (Lipinski definition) is 1. The van der Waals surface area contributed by atoms with Gasteiger partial charge >= 0.3 is 5.97 Å². The van der Waals surface area contributed by atoms with Crippen LogP contribution in [-0.2, 0) is 14.0 Å². The van der Waals surface area contributed by atoms with Gasteiger partial charge in [0.25, 0.3) is 0 Å². The minimum absolute atomic E-state index is 0.0327. The molecule has 1 atom stereocenters. The Balaban J connectivity index is 3.50. The van der Waals surface area contributed by atoms with Gasteiger partial charge in [-0.3, -0.25) is 4.99 Å². The Kier molecular flexibility index (Phi) is 12.0. The van der Waals surface area contributed by atoms with E-state index in [0.29, 0.717) is 17.9 Å². The van der Waals surface area contributed by atoms with Gasteiger partial charge in [-0.15, -0.1) is 0 Å². The number of benzene rings is 1. The summed E-state index contributed by atoms with van der Waals surface area (Å²) in [6.45, 7) is 23.3. The summed E-state index contributed by atoms with van der Waals surface area (Å²) in [7, 11) is -2.00. The van der Waals surface area contributed by atoms with Crippen molar-refractivity contribution < 1.29 is 23.8 Å². The second-order valence-corrected chi connectivity index (χ2v) is 18.0. The number of hydrogen-bond acceptors (Lipinski definition) is 6. The van der Waals surface area contributed by atoms with Crippen LogP contribution in [0.4, 0.5) is 0 Å². The molecule has 0 fully saturated rings. The van der Waals surface area contributed by atoms with Crippen LogP contribution in [-0.4, -0.2) is 51.0 Å². The SMILES string of the molecule is CCOC(=O)C(C=NC(CO[Si](C)(C)C(C)(C)C)C(C)(C)C)=C(O)c1cc(I)c(OC(C)C)cc1Cl. The molecule has 1 N–H and O–H groups in total. The van der Waals surface area contributed by atoms with Gasteiger partial charge in [-0.2, -0.15) is 0 Å². The largest absolute Gasteiger partial charge is 0.506 e. The van der Waals surface area contributed by atoms with E-state index in [2.05, 4.69) is 77.2 Å². The number of carbonyl (C=O) groups is 1. The molecule has 0 aliphatic heterocycles. The van der Waals surface area contributed by atoms with E-state index in [1.54, 1.807) is 19.1 Å². The number of nitrogens with zero attached hydrogens (tertiary/aromatic N) is 1. The molecule has 1 aromatic carbocycles. The Morgan fingerprint density at radius 2 is 1.78 bits per heavy atom. The van der Waals surface area contributed by atoms with Crippen LogP contribution in [0.3, 0.4) is 0 Å². The van der Waals surface area contributed by atoms with E-state index in [1.807, 2.05) is 13.8 Å². The maximum atomic E-state index is 12.9. The van der Waals surface area contributed by atoms with E-state index in [-0.39, 0.29) is 45.6 Å². The predicted molar refractivity (Wildman–Crippen MR) is 161 cm³/mol. The Labute approximate surface area is 237 Å². The number of aliphatic hydroxyl groups excluding tert-OH is 1. The number of aliphatic hydroxyl groups is 1. The van der Waals surface area contributed by atoms with Crippen molar-refractivity contribution in [3.63, 3.8) is 0 Å². The lowest BCUT2D eigenvalue weighted by molar-refractivity contribution is -0.137. The standard InChI is InChI=1S/C27H43ClINO5Si/c1-12-33-25(32)19(24(31)18-13-21(29)22(14-20(18)28)35-17(2)3)15-30-23(26(4,5)6)16-34-36(10,11)27(7,8)9/h13-15,17,23,31H,12,16H2,1-11H3. The first-order valence-corrected chi connectivity index (χ1v) is 16.6. The summed E-state index contributed by atoms with van der Waals surface area (Å²) in [6, 6.07) is 3.08. The summed E-state index contributed by atoms with van der Waals surface area (Å²) in [5.41, 5.74) is 0.00191. The van der Waals surface area contributed by atoms with E-state index in [9.17, 15) is 9.90 Å². The molecule has 0 heterocycles. The zero-order chi connectivity index (χ0) is 28.1. The number of carbonyl (C=O) groups excluding carboxylic acids is 1. The molecule has 0 aliphatic rings. The van der Waals surface area contributed by atoms with Gasteiger partial charge in [0.15, 0.2) is 8.32 Å². The zero-order valence-electron chi connectivity index (χ0n) is 23.6. The molecule has 0 radical (unpaired) electrons. The van der Waals surface area contributed by atoms with Crippen molar-refractivity contribution in [2.75, 3.05) is 13.2 Å². The van der Waals surface area contributed by atoms with Crippen LogP contribution in [0.1, 0.15) is 67.9 Å². The van der Waals surface area contributed by atoms with Crippen LogP contribution in [0.5, 0.6) is 5.75 Å². The topological polar surface area (TPSA) is 77.4 Å². The quantitative estimate of drug-likeness (QED) is 0.0692. The molecule has 6 nitrogen and oxygen atoms in total. The maximum absolute atomic E-state index is 12.9. The zero-order valence-corrected chi connectivity index (χ0v) is 27.5. The number of ether oxygens (including phenoxy) is 2. The highest BCUT2D eigenvalue weighted by Crippen LogP contribution is 2.38. The lowest BCUT2D eigenvalue weighted by atomic mass is 9.88. The molecule has 36 heavy (non-hydrogen) atoms. The highest BCUT2D eigenvalue weighted by Gasteiger charge is 2.38. The summed E-state index contributed by atoms with van der Waals surface area (Å²) >= 11 is 8.61. The molecule has 0 saturated heterocycles. The Morgan fingerprint density at radius 3 is 2.25 bits per heavy atom. The van der Waals surface area contributed by atoms with E-state index < -0.39 is 14.3 Å². The molecule has 204 valence electrons. The first-order chi connectivity index (χ1) is 16.3. The molecule has 0 saturated carbocycles. The summed E-state index contributed by atoms with van der Waals surface area (Å²) in [6.07, 6.45) is 1.36. The highest BCUT2D eigenvalue weighted by molar-refractivity contribution is 14.1. The minimum Gasteiger partial charge on any atom is -0.506 e. The van der Waals surface area contributed by atoms with Crippen molar-refractivity contribution >= 4 is 60.5 Å². The third-order valence-electron chi connectivity index (χ3n) is 6.18. The molecular weight excluding hydrogens is 609 g/mol. The van der Waals surface area contributed by atoms with Crippen LogP contribution >= 0.6 is 34.2 Å². The number of halogens is 2. The summed E-state index contributed by atoms with van der Waals surface area (Å²) in [4.78, 5) is 17.6. The third-order valence-corrected chi connectivity index (χ3v) is 11.8. The van der Waals surface area contributed by atoms with E-state index in [1.165, 1.54) is 6.21 Å². The Hall–Kier alpha value is -1.10. The molecule has 0 bridgehead atoms. The van der Waals surface area contributed by atoms with Crippen LogP contribution in [0.15, 0.2) is 22.7 Å². The molecule has 9 heteroatoms. The third kappa shape index (κ3) is 9.33. The van der Waals surface area contributed by atoms with Crippen LogP contribution < -0.4 is 4.74 Å². The van der Waals surface area contributed by atoms with E-state index >= 15 is 0 Å². The molecule has 0 amide bonds. The molecule has 1 aromatic rings. The lowest BCUT2D eigenvalue weighted by Gasteiger charge is -2.38. The first-order valence-electron chi connectivity index (χ1n) is 12.2. The summed E-state index contributed by atoms with van der Waals surface area (Å²) < 4.78 is 18.2. The fourth-order valence-corrected chi connectivity index (χ4v) is 4.65. The van der Waals surface area contributed by atoms with Gasteiger partial charge in [-0.1, -0.05) is 53.1 Å². The first kappa shape index (κ1) is 32.9. The predicted octanol–water partition coefficient (Wildman–Crippen LogP) is 8.07. The summed E-state index contributed by atoms with van der Waals surface area (Å²) in [5.74, 6) is -0.367. The van der Waals surface area contributed by atoms with Crippen LogP contribution in [0.25, 0.3) is 5.76 Å². The summed E-state index contributed by atoms with van der Waals surface area (Å²) in [5, 5.41) is 11.5. The second kappa shape index (κ2) is 13.1. The molecular formula is C27H43ClINO5Si. The van der Waals surface area contributed by atoms with Crippen molar-refractivity contribution in [2.24, 2.45) is 10.4 Å². The Bertz CT molecular complexity index is 978. The fraction of sp³-hybridized carbons (Fsp3) is 0.630. The number of aliphatic imine (C=N–C) groups is 1. The Morgan fingerprint density at radius 1 is 1.19 bits per heavy atom. The van der Waals surface area contributed by atoms with E-state index in [0.717, 1.165) is 3.57 Å². The van der Waals surface area contributed by atoms with Crippen molar-refractivity contribution in [1.29, 1.82) is 0 Å². The van der Waals surface area contributed by atoms with Gasteiger partial charge in [0.05, 0.1) is 34.0 Å². The van der Waals surface area contributed by atoms with Crippen molar-refractivity contribution in [1.82, 2.24) is 0 Å². The van der Waals surface area contributed by atoms with Crippen LogP contribution in [0, 0.1) is 8.99 Å². The molecule has 1 rings (SSSR count). The number of esters is 1. The van der Waals surface area contributed by atoms with Gasteiger partial charge in [0, 0.05) is 17.8 Å². The lowest BCUT2D eigenvalue weighted by Crippen LogP contribution is -2.44. The maximum Gasteiger partial charge on any atom is 0.343 e. The van der Waals surface area contributed by atoms with Gasteiger partial charge in [-0.05, 0) is 73.0 Å². The van der Waals surface area contributed by atoms with E-state index in [4.69, 9.17) is 30.5 Å². The molecule has 0 spiro atoms. The monoisotopic (exact) mass is 651 g/mol. The van der Waals surface area contributed by atoms with Crippen molar-refractivity contribution in [2.45, 2.75) is 92.6 Å². The van der Waals surface area contributed by atoms with Gasteiger partial charge < -0.3 is 19.0 Å². The van der Waals surface area contributed by atoms with Gasteiger partial charge in [-0.25, -0.2) is 4.79 Å². The van der Waals surface area contributed by atoms with Gasteiger partial charge in [0.2, 0.25) is 0 Å². The fourth-order valence-electron chi connectivity index (χ4n) is 2.80. The smallest absolute Gasteiger partial charge is 0.343 e.